The molecule has 2 amide bonds. The Morgan fingerprint density at radius 2 is 1.56 bits per heavy atom. The normalized spacial score (nSPS) is 13.1. The minimum atomic E-state index is -3.74. The molecule has 0 aliphatic rings. The van der Waals surface area contributed by atoms with Crippen LogP contribution < -0.4 is 9.62 Å². The van der Waals surface area contributed by atoms with E-state index in [0.29, 0.717) is 12.1 Å². The number of para-hydroxylation sites is 1. The minimum Gasteiger partial charge on any atom is -0.352 e. The van der Waals surface area contributed by atoms with Crippen molar-refractivity contribution < 1.29 is 18.0 Å². The number of aryl methyl sites for hydroxylation is 2. The summed E-state index contributed by atoms with van der Waals surface area (Å²) in [7, 11) is -3.74. The van der Waals surface area contributed by atoms with E-state index >= 15 is 0 Å². The Morgan fingerprint density at radius 3 is 2.12 bits per heavy atom. The molecule has 7 nitrogen and oxygen atoms in total. The van der Waals surface area contributed by atoms with Crippen molar-refractivity contribution in [2.45, 2.75) is 66.1 Å². The van der Waals surface area contributed by atoms with Gasteiger partial charge in [0, 0.05) is 12.6 Å². The molecule has 0 fully saturated rings. The van der Waals surface area contributed by atoms with Gasteiger partial charge >= 0.3 is 0 Å². The Labute approximate surface area is 204 Å². The van der Waals surface area contributed by atoms with Gasteiger partial charge in [0.25, 0.3) is 0 Å². The van der Waals surface area contributed by atoms with E-state index in [-0.39, 0.29) is 25.0 Å². The maximum Gasteiger partial charge on any atom is 0.244 e. The van der Waals surface area contributed by atoms with E-state index in [9.17, 15) is 18.0 Å². The zero-order valence-electron chi connectivity index (χ0n) is 21.0. The highest BCUT2D eigenvalue weighted by Gasteiger charge is 2.31. The lowest BCUT2D eigenvalue weighted by molar-refractivity contribution is -0.139. The Balaban J connectivity index is 2.44. The van der Waals surface area contributed by atoms with Crippen molar-refractivity contribution in [2.24, 2.45) is 0 Å². The third-order valence-electron chi connectivity index (χ3n) is 6.09. The van der Waals surface area contributed by atoms with Gasteiger partial charge < -0.3 is 10.2 Å². The van der Waals surface area contributed by atoms with Crippen molar-refractivity contribution in [2.75, 3.05) is 17.1 Å². The van der Waals surface area contributed by atoms with Crippen LogP contribution in [0.2, 0.25) is 0 Å². The highest BCUT2D eigenvalue weighted by atomic mass is 32.2. The molecular weight excluding hydrogens is 450 g/mol. The van der Waals surface area contributed by atoms with Gasteiger partial charge in [-0.15, -0.1) is 0 Å². The van der Waals surface area contributed by atoms with Crippen LogP contribution in [-0.2, 0) is 32.6 Å². The minimum absolute atomic E-state index is 0.0330. The Morgan fingerprint density at radius 1 is 0.971 bits per heavy atom. The summed E-state index contributed by atoms with van der Waals surface area (Å²) >= 11 is 0. The molecule has 1 N–H and O–H groups in total. The number of sulfonamides is 1. The lowest BCUT2D eigenvalue weighted by Gasteiger charge is -2.32. The van der Waals surface area contributed by atoms with Crippen LogP contribution in [0.1, 0.15) is 50.8 Å². The zero-order valence-corrected chi connectivity index (χ0v) is 21.9. The number of hydrogen-bond acceptors (Lipinski definition) is 4. The topological polar surface area (TPSA) is 86.8 Å². The first-order chi connectivity index (χ1) is 16.0. The summed E-state index contributed by atoms with van der Waals surface area (Å²) in [6.07, 6.45) is 2.48. The molecule has 0 aromatic heterocycles. The fourth-order valence-corrected chi connectivity index (χ4v) is 4.55. The summed E-state index contributed by atoms with van der Waals surface area (Å²) in [5.74, 6) is -0.706. The zero-order chi connectivity index (χ0) is 25.5. The van der Waals surface area contributed by atoms with Crippen LogP contribution in [-0.4, -0.2) is 50.0 Å². The van der Waals surface area contributed by atoms with Gasteiger partial charge in [0.05, 0.1) is 11.9 Å². The van der Waals surface area contributed by atoms with E-state index in [0.717, 1.165) is 33.7 Å². The van der Waals surface area contributed by atoms with Crippen molar-refractivity contribution in [1.29, 1.82) is 0 Å². The summed E-state index contributed by atoms with van der Waals surface area (Å²) in [6, 6.07) is 14.0. The number of amides is 2. The van der Waals surface area contributed by atoms with E-state index in [2.05, 4.69) is 5.32 Å². The van der Waals surface area contributed by atoms with Crippen LogP contribution in [0.15, 0.2) is 48.5 Å². The Hall–Kier alpha value is -2.87. The Bertz CT molecular complexity index is 1100. The summed E-state index contributed by atoms with van der Waals surface area (Å²) in [4.78, 5) is 28.0. The van der Waals surface area contributed by atoms with E-state index in [4.69, 9.17) is 0 Å². The van der Waals surface area contributed by atoms with Gasteiger partial charge in [0.2, 0.25) is 21.8 Å². The predicted molar refractivity (Wildman–Crippen MR) is 137 cm³/mol. The quantitative estimate of drug-likeness (QED) is 0.524. The Kier molecular flexibility index (Phi) is 9.67. The third-order valence-corrected chi connectivity index (χ3v) is 7.22. The second kappa shape index (κ2) is 12.0. The van der Waals surface area contributed by atoms with Crippen LogP contribution >= 0.6 is 0 Å². The van der Waals surface area contributed by atoms with E-state index in [1.807, 2.05) is 64.1 Å². The lowest BCUT2D eigenvalue weighted by atomic mass is 10.1. The maximum absolute atomic E-state index is 13.6. The monoisotopic (exact) mass is 487 g/mol. The number of benzene rings is 2. The summed E-state index contributed by atoms with van der Waals surface area (Å²) in [6.45, 7) is 9.26. The van der Waals surface area contributed by atoms with Gasteiger partial charge in [0.15, 0.2) is 0 Å². The summed E-state index contributed by atoms with van der Waals surface area (Å²) < 4.78 is 26.6. The first-order valence-electron chi connectivity index (χ1n) is 11.7. The number of carbonyl (C=O) groups is 2. The summed E-state index contributed by atoms with van der Waals surface area (Å²) in [5, 5.41) is 2.93. The van der Waals surface area contributed by atoms with Crippen LogP contribution in [0, 0.1) is 6.92 Å². The van der Waals surface area contributed by atoms with Crippen molar-refractivity contribution >= 4 is 27.5 Å². The van der Waals surface area contributed by atoms with Gasteiger partial charge in [-0.05, 0) is 56.4 Å². The molecule has 0 unspecified atom stereocenters. The molecule has 2 aromatic carbocycles. The van der Waals surface area contributed by atoms with Gasteiger partial charge in [-0.1, -0.05) is 56.3 Å². The van der Waals surface area contributed by atoms with Crippen LogP contribution in [0.3, 0.4) is 0 Å². The van der Waals surface area contributed by atoms with Crippen molar-refractivity contribution in [1.82, 2.24) is 10.2 Å². The van der Waals surface area contributed by atoms with Crippen LogP contribution in [0.4, 0.5) is 5.69 Å². The molecule has 0 heterocycles. The summed E-state index contributed by atoms with van der Waals surface area (Å²) in [5.41, 5.74) is 3.20. The van der Waals surface area contributed by atoms with Gasteiger partial charge in [-0.2, -0.15) is 0 Å². The molecule has 2 atom stereocenters. The molecule has 0 saturated carbocycles. The van der Waals surface area contributed by atoms with Gasteiger partial charge in [-0.25, -0.2) is 8.42 Å². The average molecular weight is 488 g/mol. The SMILES string of the molecule is CCc1ccccc1N(CC(=O)N(Cc1ccccc1C)[C@@H](C)C(=O)N[C@@H](C)CC)S(C)(=O)=O. The standard InChI is InChI=1S/C26H37N3O4S/c1-7-20(4)27-26(31)21(5)28(17-23-15-10-9-13-19(23)3)25(30)18-29(34(6,32)33)24-16-12-11-14-22(24)8-2/h9-16,20-21H,7-8,17-18H2,1-6H3,(H,27,31)/t20-,21-/m0/s1. The molecule has 2 rings (SSSR count). The smallest absolute Gasteiger partial charge is 0.244 e. The first-order valence-corrected chi connectivity index (χ1v) is 13.5. The second-order valence-electron chi connectivity index (χ2n) is 8.69. The third kappa shape index (κ3) is 7.06. The van der Waals surface area contributed by atoms with E-state index < -0.39 is 22.0 Å². The highest BCUT2D eigenvalue weighted by molar-refractivity contribution is 7.92. The van der Waals surface area contributed by atoms with Crippen molar-refractivity contribution in [3.8, 4) is 0 Å². The molecule has 0 aliphatic heterocycles. The molecule has 0 saturated heterocycles. The molecule has 2 aromatic rings. The number of anilines is 1. The maximum atomic E-state index is 13.6. The molecular formula is C26H37N3O4S. The number of carbonyl (C=O) groups excluding carboxylic acids is 2. The fourth-order valence-electron chi connectivity index (χ4n) is 3.67. The highest BCUT2D eigenvalue weighted by Crippen LogP contribution is 2.24. The van der Waals surface area contributed by atoms with Gasteiger partial charge in [-0.3, -0.25) is 13.9 Å². The van der Waals surface area contributed by atoms with Crippen LogP contribution in [0.25, 0.3) is 0 Å². The molecule has 0 radical (unpaired) electrons. The number of rotatable bonds is 11. The average Bonchev–Trinajstić information content (AvgIpc) is 2.80. The van der Waals surface area contributed by atoms with E-state index in [1.54, 1.807) is 19.1 Å². The first kappa shape index (κ1) is 27.4. The van der Waals surface area contributed by atoms with Crippen LogP contribution in [0.5, 0.6) is 0 Å². The molecule has 0 aliphatic carbocycles. The van der Waals surface area contributed by atoms with Crippen molar-refractivity contribution in [3.05, 3.63) is 65.2 Å². The number of hydrogen-bond donors (Lipinski definition) is 1. The van der Waals surface area contributed by atoms with Crippen molar-refractivity contribution in [3.63, 3.8) is 0 Å². The largest absolute Gasteiger partial charge is 0.352 e. The number of nitrogens with one attached hydrogen (secondary N) is 1. The lowest BCUT2D eigenvalue weighted by Crippen LogP contribution is -2.52. The molecule has 34 heavy (non-hydrogen) atoms. The van der Waals surface area contributed by atoms with Gasteiger partial charge in [0.1, 0.15) is 12.6 Å². The fraction of sp³-hybridized carbons (Fsp3) is 0.462. The molecule has 0 spiro atoms. The molecule has 8 heteroatoms. The molecule has 186 valence electrons. The molecule has 0 bridgehead atoms. The predicted octanol–water partition coefficient (Wildman–Crippen LogP) is 3.66. The number of nitrogens with zero attached hydrogens (tertiary/aromatic N) is 2. The van der Waals surface area contributed by atoms with E-state index in [1.165, 1.54) is 4.90 Å². The second-order valence-corrected chi connectivity index (χ2v) is 10.6.